The van der Waals surface area contributed by atoms with Gasteiger partial charge in [0, 0.05) is 0 Å². The molecule has 0 amide bonds. The second-order valence-electron chi connectivity index (χ2n) is 1.61. The summed E-state index contributed by atoms with van der Waals surface area (Å²) in [5.41, 5.74) is 0.891. The molecule has 0 atom stereocenters. The fourth-order valence-electron chi connectivity index (χ4n) is 0.493. The van der Waals surface area contributed by atoms with E-state index < -0.39 is 0 Å². The molecule has 0 spiro atoms. The minimum atomic E-state index is -0.297. The first kappa shape index (κ1) is 5.82. The Morgan fingerprint density at radius 1 is 1.75 bits per heavy atom. The molecule has 0 aliphatic heterocycles. The maximum absolute atomic E-state index is 12.1. The molecule has 0 bridgehead atoms. The summed E-state index contributed by atoms with van der Waals surface area (Å²) in [7, 11) is 0. The minimum absolute atomic E-state index is 0.297. The lowest BCUT2D eigenvalue weighted by molar-refractivity contribution is 0.590. The molecule has 0 unspecified atom stereocenters. The summed E-state index contributed by atoms with van der Waals surface area (Å²) in [6.07, 6.45) is 0. The maximum atomic E-state index is 12.1. The van der Waals surface area contributed by atoms with Gasteiger partial charge in [-0.05, 0) is 34.5 Å². The fourth-order valence-corrected chi connectivity index (χ4v) is 0.797. The Labute approximate surface area is 55.0 Å². The molecule has 0 saturated carbocycles. The molecular weight excluding hydrogens is 173 g/mol. The number of aromatic nitrogens is 1. The standard InChI is InChI=1S/C5H5BrFN/c1-3-2-4(7)8-5(3)6/h2,8H,1H3. The van der Waals surface area contributed by atoms with Crippen LogP contribution in [0, 0.1) is 12.9 Å². The Morgan fingerprint density at radius 2 is 2.38 bits per heavy atom. The van der Waals surface area contributed by atoms with Crippen LogP contribution in [0.15, 0.2) is 10.7 Å². The molecule has 3 heteroatoms. The van der Waals surface area contributed by atoms with Gasteiger partial charge in [0.15, 0.2) is 5.95 Å². The lowest BCUT2D eigenvalue weighted by atomic mass is 10.4. The Bertz CT molecular complexity index is 175. The molecule has 0 aromatic carbocycles. The Kier molecular flexibility index (Phi) is 1.38. The van der Waals surface area contributed by atoms with Crippen molar-refractivity contribution in [2.45, 2.75) is 6.92 Å². The molecule has 1 heterocycles. The number of hydrogen-bond acceptors (Lipinski definition) is 0. The van der Waals surface area contributed by atoms with Crippen LogP contribution in [0.25, 0.3) is 0 Å². The van der Waals surface area contributed by atoms with Gasteiger partial charge < -0.3 is 4.98 Å². The number of hydrogen-bond donors (Lipinski definition) is 1. The number of rotatable bonds is 0. The van der Waals surface area contributed by atoms with Crippen LogP contribution in [0.2, 0.25) is 0 Å². The van der Waals surface area contributed by atoms with E-state index in [1.165, 1.54) is 6.07 Å². The van der Waals surface area contributed by atoms with Crippen LogP contribution in [0.3, 0.4) is 0 Å². The van der Waals surface area contributed by atoms with Crippen LogP contribution in [0.5, 0.6) is 0 Å². The summed E-state index contributed by atoms with van der Waals surface area (Å²) in [6.45, 7) is 1.82. The largest absolute Gasteiger partial charge is 0.326 e. The predicted octanol–water partition coefficient (Wildman–Crippen LogP) is 2.22. The molecule has 0 aliphatic rings. The molecular formula is C5H5BrFN. The molecule has 1 aromatic rings. The van der Waals surface area contributed by atoms with Crippen LogP contribution >= 0.6 is 15.9 Å². The smallest absolute Gasteiger partial charge is 0.192 e. The van der Waals surface area contributed by atoms with E-state index >= 15 is 0 Å². The van der Waals surface area contributed by atoms with Crippen molar-refractivity contribution in [2.24, 2.45) is 0 Å². The lowest BCUT2D eigenvalue weighted by Crippen LogP contribution is -1.65. The fraction of sp³-hybridized carbons (Fsp3) is 0.200. The van der Waals surface area contributed by atoms with E-state index in [-0.39, 0.29) is 5.95 Å². The third kappa shape index (κ3) is 0.916. The number of aryl methyl sites for hydroxylation is 1. The summed E-state index contributed by atoms with van der Waals surface area (Å²) in [5.74, 6) is -0.297. The Hall–Kier alpha value is -0.310. The predicted molar refractivity (Wildman–Crippen MR) is 33.2 cm³/mol. The van der Waals surface area contributed by atoms with E-state index in [1.54, 1.807) is 0 Å². The first-order chi connectivity index (χ1) is 3.70. The van der Waals surface area contributed by atoms with Crippen molar-refractivity contribution in [1.82, 2.24) is 4.98 Å². The van der Waals surface area contributed by atoms with Crippen LogP contribution in [0.1, 0.15) is 5.56 Å². The maximum Gasteiger partial charge on any atom is 0.192 e. The van der Waals surface area contributed by atoms with Gasteiger partial charge in [0.05, 0.1) is 4.60 Å². The highest BCUT2D eigenvalue weighted by Crippen LogP contribution is 2.13. The molecule has 1 aromatic heterocycles. The quantitative estimate of drug-likeness (QED) is 0.626. The zero-order valence-electron chi connectivity index (χ0n) is 4.33. The molecule has 0 saturated heterocycles. The van der Waals surface area contributed by atoms with E-state index in [0.29, 0.717) is 0 Å². The number of halogens is 2. The first-order valence-corrected chi connectivity index (χ1v) is 3.00. The second kappa shape index (κ2) is 1.90. The van der Waals surface area contributed by atoms with Gasteiger partial charge in [0.1, 0.15) is 0 Å². The number of H-pyrrole nitrogens is 1. The summed E-state index contributed by atoms with van der Waals surface area (Å²) >= 11 is 3.12. The van der Waals surface area contributed by atoms with Crippen molar-refractivity contribution in [2.75, 3.05) is 0 Å². The van der Waals surface area contributed by atoms with Gasteiger partial charge in [-0.1, -0.05) is 0 Å². The lowest BCUT2D eigenvalue weighted by Gasteiger charge is -1.78. The molecule has 8 heavy (non-hydrogen) atoms. The molecule has 0 aliphatic carbocycles. The zero-order valence-corrected chi connectivity index (χ0v) is 5.92. The molecule has 0 fully saturated rings. The molecule has 44 valence electrons. The van der Waals surface area contributed by atoms with Crippen molar-refractivity contribution >= 4 is 15.9 Å². The summed E-state index contributed by atoms with van der Waals surface area (Å²) in [6, 6.07) is 1.43. The number of nitrogens with one attached hydrogen (secondary N) is 1. The summed E-state index contributed by atoms with van der Waals surface area (Å²) < 4.78 is 12.8. The zero-order chi connectivity index (χ0) is 6.15. The van der Waals surface area contributed by atoms with Crippen molar-refractivity contribution in [3.05, 3.63) is 22.2 Å². The Balaban J connectivity index is 3.14. The van der Waals surface area contributed by atoms with Crippen molar-refractivity contribution < 1.29 is 4.39 Å². The van der Waals surface area contributed by atoms with E-state index in [2.05, 4.69) is 20.9 Å². The van der Waals surface area contributed by atoms with Gasteiger partial charge in [0.25, 0.3) is 0 Å². The SMILES string of the molecule is Cc1cc(F)[nH]c1Br. The van der Waals surface area contributed by atoms with Gasteiger partial charge >= 0.3 is 0 Å². The van der Waals surface area contributed by atoms with Gasteiger partial charge in [-0.15, -0.1) is 0 Å². The monoisotopic (exact) mass is 177 g/mol. The Morgan fingerprint density at radius 3 is 2.50 bits per heavy atom. The molecule has 1 nitrogen and oxygen atoms in total. The van der Waals surface area contributed by atoms with Gasteiger partial charge in [-0.2, -0.15) is 4.39 Å². The van der Waals surface area contributed by atoms with Crippen molar-refractivity contribution in [3.63, 3.8) is 0 Å². The van der Waals surface area contributed by atoms with Crippen LogP contribution in [-0.2, 0) is 0 Å². The topological polar surface area (TPSA) is 15.8 Å². The highest BCUT2D eigenvalue weighted by atomic mass is 79.9. The normalized spacial score (nSPS) is 9.88. The summed E-state index contributed by atoms with van der Waals surface area (Å²) in [4.78, 5) is 2.46. The van der Waals surface area contributed by atoms with Crippen molar-refractivity contribution in [3.8, 4) is 0 Å². The van der Waals surface area contributed by atoms with Gasteiger partial charge in [-0.3, -0.25) is 0 Å². The van der Waals surface area contributed by atoms with Crippen LogP contribution < -0.4 is 0 Å². The van der Waals surface area contributed by atoms with Gasteiger partial charge in [-0.25, -0.2) is 0 Å². The highest BCUT2D eigenvalue weighted by Gasteiger charge is 1.97. The van der Waals surface area contributed by atoms with Crippen LogP contribution in [0.4, 0.5) is 4.39 Å². The van der Waals surface area contributed by atoms with Crippen molar-refractivity contribution in [1.29, 1.82) is 0 Å². The third-order valence-corrected chi connectivity index (χ3v) is 1.74. The summed E-state index contributed by atoms with van der Waals surface area (Å²) in [5, 5.41) is 0. The highest BCUT2D eigenvalue weighted by molar-refractivity contribution is 9.10. The minimum Gasteiger partial charge on any atom is -0.326 e. The molecule has 1 N–H and O–H groups in total. The second-order valence-corrected chi connectivity index (χ2v) is 2.41. The van der Waals surface area contributed by atoms with E-state index in [1.807, 2.05) is 6.92 Å². The average Bonchev–Trinajstić information content (AvgIpc) is 1.85. The van der Waals surface area contributed by atoms with Crippen LogP contribution in [-0.4, -0.2) is 4.98 Å². The first-order valence-electron chi connectivity index (χ1n) is 2.21. The van der Waals surface area contributed by atoms with E-state index in [4.69, 9.17) is 0 Å². The third-order valence-electron chi connectivity index (χ3n) is 0.919. The number of aromatic amines is 1. The van der Waals surface area contributed by atoms with E-state index in [9.17, 15) is 4.39 Å². The molecule has 0 radical (unpaired) electrons. The van der Waals surface area contributed by atoms with E-state index in [0.717, 1.165) is 10.2 Å². The molecule has 1 rings (SSSR count). The average molecular weight is 178 g/mol. The van der Waals surface area contributed by atoms with Gasteiger partial charge in [0.2, 0.25) is 0 Å².